The molecule has 1 aromatic carbocycles. The number of benzene rings is 1. The number of para-hydroxylation sites is 1. The van der Waals surface area contributed by atoms with Crippen LogP contribution in [0.25, 0.3) is 11.3 Å². The largest absolute Gasteiger partial charge is 0.492 e. The number of anilines is 3. The normalized spacial score (nSPS) is 20.2. The summed E-state index contributed by atoms with van der Waals surface area (Å²) in [6.07, 6.45) is 7.45. The molecule has 2 aliphatic rings. The molecule has 3 N–H and O–H groups in total. The predicted octanol–water partition coefficient (Wildman–Crippen LogP) is 3.66. The summed E-state index contributed by atoms with van der Waals surface area (Å²) in [6.45, 7) is 2.21. The Morgan fingerprint density at radius 1 is 1.26 bits per heavy atom. The molecule has 3 aromatic rings. The molecule has 2 amide bonds. The van der Waals surface area contributed by atoms with Crippen molar-refractivity contribution in [2.45, 2.75) is 19.4 Å². The first-order valence-corrected chi connectivity index (χ1v) is 10.9. The summed E-state index contributed by atoms with van der Waals surface area (Å²) in [5, 5.41) is 13.8. The minimum absolute atomic E-state index is 0.0131. The number of carbonyl (C=O) groups is 2. The second-order valence-corrected chi connectivity index (χ2v) is 8.19. The van der Waals surface area contributed by atoms with E-state index in [0.717, 1.165) is 0 Å². The van der Waals surface area contributed by atoms with Crippen molar-refractivity contribution in [2.24, 2.45) is 5.92 Å². The number of nitrogens with one attached hydrogen (secondary N) is 3. The van der Waals surface area contributed by atoms with Crippen molar-refractivity contribution in [3.8, 4) is 17.0 Å². The Hall–Kier alpha value is -4.21. The van der Waals surface area contributed by atoms with Crippen molar-refractivity contribution in [2.75, 3.05) is 24.3 Å². The van der Waals surface area contributed by atoms with Crippen molar-refractivity contribution in [3.05, 3.63) is 60.3 Å². The number of fused-ring (bicyclic) bond motifs is 3. The number of hydrogen-bond acceptors (Lipinski definition) is 6. The van der Waals surface area contributed by atoms with Crippen molar-refractivity contribution >= 4 is 28.9 Å². The van der Waals surface area contributed by atoms with Gasteiger partial charge in [0.15, 0.2) is 17.3 Å². The number of methoxy groups -OCH3 is 1. The molecule has 2 aromatic heterocycles. The van der Waals surface area contributed by atoms with E-state index in [-0.39, 0.29) is 29.5 Å². The second kappa shape index (κ2) is 8.62. The van der Waals surface area contributed by atoms with E-state index in [1.807, 2.05) is 19.1 Å². The van der Waals surface area contributed by atoms with Crippen LogP contribution >= 0.6 is 0 Å². The van der Waals surface area contributed by atoms with Gasteiger partial charge in [-0.05, 0) is 24.6 Å². The van der Waals surface area contributed by atoms with E-state index in [1.54, 1.807) is 29.1 Å². The van der Waals surface area contributed by atoms with Gasteiger partial charge in [-0.2, -0.15) is 5.10 Å². The molecule has 9 nitrogen and oxygen atoms in total. The van der Waals surface area contributed by atoms with Crippen LogP contribution in [-0.2, 0) is 4.79 Å². The minimum Gasteiger partial charge on any atom is -0.492 e. The maximum atomic E-state index is 14.4. The number of hydrogen-bond donors (Lipinski definition) is 3. The molecule has 0 saturated heterocycles. The van der Waals surface area contributed by atoms with Gasteiger partial charge in [-0.3, -0.25) is 19.3 Å². The molecule has 2 aliphatic heterocycles. The summed E-state index contributed by atoms with van der Waals surface area (Å²) in [5.41, 5.74) is 2.49. The lowest BCUT2D eigenvalue weighted by molar-refractivity contribution is -0.118. The Balaban J connectivity index is 1.75. The smallest absolute Gasteiger partial charge is 0.271 e. The lowest BCUT2D eigenvalue weighted by Gasteiger charge is -2.24. The molecular formula is C24H23FN6O3. The number of aromatic nitrogens is 3. The first-order chi connectivity index (χ1) is 16.5. The fraction of sp³-hybridized carbons (Fsp3) is 0.250. The maximum Gasteiger partial charge on any atom is 0.271 e. The van der Waals surface area contributed by atoms with Gasteiger partial charge in [-0.15, -0.1) is 0 Å². The van der Waals surface area contributed by atoms with Crippen LogP contribution in [0.5, 0.6) is 5.75 Å². The van der Waals surface area contributed by atoms with E-state index in [2.05, 4.69) is 20.9 Å². The zero-order valence-electron chi connectivity index (χ0n) is 18.6. The van der Waals surface area contributed by atoms with Crippen LogP contribution in [0.3, 0.4) is 0 Å². The van der Waals surface area contributed by atoms with Gasteiger partial charge in [-0.25, -0.2) is 4.39 Å². The SMILES string of the molecule is COc1c(F)cccc1Nc1c2nn3c1C(=O)NC[C@H]3C/C=C/[C@@H](C)C(=O)Nc1cnccc1-2. The molecule has 0 fully saturated rings. The third-order valence-corrected chi connectivity index (χ3v) is 5.98. The summed E-state index contributed by atoms with van der Waals surface area (Å²) >= 11 is 0. The van der Waals surface area contributed by atoms with Gasteiger partial charge in [0.05, 0.1) is 42.3 Å². The van der Waals surface area contributed by atoms with Crippen LogP contribution in [0, 0.1) is 11.7 Å². The molecule has 34 heavy (non-hydrogen) atoms. The number of carbonyl (C=O) groups excluding carboxylic acids is 2. The zero-order chi connectivity index (χ0) is 23.8. The lowest BCUT2D eigenvalue weighted by Crippen LogP contribution is -2.39. The number of nitrogens with zero attached hydrogens (tertiary/aromatic N) is 3. The molecule has 0 saturated carbocycles. The Morgan fingerprint density at radius 2 is 2.12 bits per heavy atom. The number of pyridine rings is 1. The monoisotopic (exact) mass is 462 g/mol. The Labute approximate surface area is 195 Å². The fourth-order valence-electron chi connectivity index (χ4n) is 4.21. The van der Waals surface area contributed by atoms with Crippen LogP contribution in [0.2, 0.25) is 0 Å². The highest BCUT2D eigenvalue weighted by atomic mass is 19.1. The molecule has 0 unspecified atom stereocenters. The lowest BCUT2D eigenvalue weighted by atomic mass is 10.1. The van der Waals surface area contributed by atoms with Crippen LogP contribution < -0.4 is 20.7 Å². The van der Waals surface area contributed by atoms with E-state index >= 15 is 0 Å². The predicted molar refractivity (Wildman–Crippen MR) is 125 cm³/mol. The third-order valence-electron chi connectivity index (χ3n) is 5.98. The summed E-state index contributed by atoms with van der Waals surface area (Å²) in [7, 11) is 1.38. The molecule has 0 aliphatic carbocycles. The summed E-state index contributed by atoms with van der Waals surface area (Å²) in [5.74, 6) is -1.38. The van der Waals surface area contributed by atoms with E-state index in [4.69, 9.17) is 9.84 Å². The second-order valence-electron chi connectivity index (χ2n) is 8.19. The van der Waals surface area contributed by atoms with Crippen LogP contribution in [-0.4, -0.2) is 40.2 Å². The number of rotatable bonds is 3. The summed E-state index contributed by atoms with van der Waals surface area (Å²) in [4.78, 5) is 30.0. The average molecular weight is 462 g/mol. The molecular weight excluding hydrogens is 439 g/mol. The fourth-order valence-corrected chi connectivity index (χ4v) is 4.21. The average Bonchev–Trinajstić information content (AvgIpc) is 3.20. The molecule has 2 bridgehead atoms. The maximum absolute atomic E-state index is 14.4. The van der Waals surface area contributed by atoms with Crippen molar-refractivity contribution in [1.29, 1.82) is 0 Å². The number of ether oxygens (including phenoxy) is 1. The van der Waals surface area contributed by atoms with Gasteiger partial charge in [-0.1, -0.05) is 25.1 Å². The molecule has 10 heteroatoms. The van der Waals surface area contributed by atoms with Gasteiger partial charge in [0.1, 0.15) is 5.69 Å². The van der Waals surface area contributed by atoms with E-state index < -0.39 is 5.82 Å². The summed E-state index contributed by atoms with van der Waals surface area (Å²) in [6, 6.07) is 6.05. The Bertz CT molecular complexity index is 1320. The Morgan fingerprint density at radius 3 is 2.94 bits per heavy atom. The molecule has 0 radical (unpaired) electrons. The highest BCUT2D eigenvalue weighted by molar-refractivity contribution is 6.05. The first kappa shape index (κ1) is 21.6. The van der Waals surface area contributed by atoms with Gasteiger partial charge < -0.3 is 20.7 Å². The van der Waals surface area contributed by atoms with Gasteiger partial charge in [0.25, 0.3) is 5.91 Å². The topological polar surface area (TPSA) is 110 Å². The van der Waals surface area contributed by atoms with Gasteiger partial charge in [0, 0.05) is 18.3 Å². The quantitative estimate of drug-likeness (QED) is 0.513. The van der Waals surface area contributed by atoms with Crippen molar-refractivity contribution in [3.63, 3.8) is 0 Å². The zero-order valence-corrected chi connectivity index (χ0v) is 18.6. The molecule has 0 spiro atoms. The first-order valence-electron chi connectivity index (χ1n) is 10.9. The van der Waals surface area contributed by atoms with E-state index in [1.165, 1.54) is 19.4 Å². The van der Waals surface area contributed by atoms with E-state index in [9.17, 15) is 14.0 Å². The molecule has 4 heterocycles. The molecule has 5 rings (SSSR count). The van der Waals surface area contributed by atoms with Crippen molar-refractivity contribution in [1.82, 2.24) is 20.1 Å². The highest BCUT2D eigenvalue weighted by Gasteiger charge is 2.33. The van der Waals surface area contributed by atoms with Crippen LogP contribution in [0.15, 0.2) is 48.8 Å². The van der Waals surface area contributed by atoms with Gasteiger partial charge in [0.2, 0.25) is 5.91 Å². The number of halogens is 1. The Kier molecular flexibility index (Phi) is 5.48. The molecule has 174 valence electrons. The number of amides is 2. The number of allylic oxidation sites excluding steroid dienone is 1. The third kappa shape index (κ3) is 3.66. The summed E-state index contributed by atoms with van der Waals surface area (Å²) < 4.78 is 21.4. The van der Waals surface area contributed by atoms with Gasteiger partial charge >= 0.3 is 0 Å². The van der Waals surface area contributed by atoms with Crippen LogP contribution in [0.1, 0.15) is 29.9 Å². The minimum atomic E-state index is -0.542. The van der Waals surface area contributed by atoms with Crippen molar-refractivity contribution < 1.29 is 18.7 Å². The van der Waals surface area contributed by atoms with Crippen LogP contribution in [0.4, 0.5) is 21.5 Å². The van der Waals surface area contributed by atoms with E-state index in [0.29, 0.717) is 47.0 Å². The highest BCUT2D eigenvalue weighted by Crippen LogP contribution is 2.41. The molecule has 2 atom stereocenters. The standard InChI is InChI=1S/C24H23FN6O3/c1-13-5-3-6-14-11-27-24(33)21-20(28-17-8-4-7-16(25)22(17)34-2)19(30-31(14)21)15-9-10-26-12-18(15)29-23(13)32/h3-5,7-10,12-14,28H,6,11H2,1-2H3,(H,27,33)(H,29,32)/b5-3+/t13-,14-/m1/s1.